The van der Waals surface area contributed by atoms with E-state index in [-0.39, 0.29) is 25.0 Å². The minimum Gasteiger partial charge on any atom is -0.484 e. The van der Waals surface area contributed by atoms with Gasteiger partial charge in [0.2, 0.25) is 5.91 Å². The van der Waals surface area contributed by atoms with E-state index < -0.39 is 6.04 Å². The number of aryl methyl sites for hydroxylation is 2. The van der Waals surface area contributed by atoms with Gasteiger partial charge in [-0.1, -0.05) is 42.3 Å². The van der Waals surface area contributed by atoms with Crippen LogP contribution in [0.2, 0.25) is 10.0 Å². The molecule has 1 atom stereocenters. The van der Waals surface area contributed by atoms with Crippen molar-refractivity contribution in [2.45, 2.75) is 39.8 Å². The van der Waals surface area contributed by atoms with Crippen LogP contribution in [0.3, 0.4) is 0 Å². The van der Waals surface area contributed by atoms with Gasteiger partial charge in [-0.15, -0.1) is 0 Å². The predicted octanol–water partition coefficient (Wildman–Crippen LogP) is 4.54. The van der Waals surface area contributed by atoms with Crippen molar-refractivity contribution in [1.82, 2.24) is 10.2 Å². The van der Waals surface area contributed by atoms with Crippen LogP contribution in [0.25, 0.3) is 0 Å². The number of hydrogen-bond acceptors (Lipinski definition) is 3. The normalized spacial score (nSPS) is 11.7. The number of carbonyl (C=O) groups is 2. The lowest BCUT2D eigenvalue weighted by Gasteiger charge is -2.30. The first-order valence-electron chi connectivity index (χ1n) is 9.42. The highest BCUT2D eigenvalue weighted by Crippen LogP contribution is 2.27. The molecule has 0 aromatic heterocycles. The second-order valence-electron chi connectivity index (χ2n) is 6.79. The average molecular weight is 437 g/mol. The molecule has 7 heteroatoms. The lowest BCUT2D eigenvalue weighted by Crippen LogP contribution is -2.49. The molecule has 1 unspecified atom stereocenters. The Kier molecular flexibility index (Phi) is 8.35. The third-order valence-electron chi connectivity index (χ3n) is 4.86. The molecule has 0 fully saturated rings. The Balaban J connectivity index is 2.26. The standard InChI is InChI=1S/C22H26Cl2N2O3/c1-5-20(22(28)25-4)26(12-17-18(23)7-6-8-19(17)24)21(27)13-29-16-10-9-14(2)15(3)11-16/h6-11,20H,5,12-13H2,1-4H3,(H,25,28). The van der Waals surface area contributed by atoms with E-state index in [4.69, 9.17) is 27.9 Å². The number of halogens is 2. The molecule has 2 aromatic rings. The number of rotatable bonds is 8. The van der Waals surface area contributed by atoms with Crippen molar-refractivity contribution in [3.8, 4) is 5.75 Å². The molecule has 0 aliphatic rings. The molecule has 156 valence electrons. The van der Waals surface area contributed by atoms with Crippen LogP contribution >= 0.6 is 23.2 Å². The Morgan fingerprint density at radius 2 is 1.76 bits per heavy atom. The van der Waals surface area contributed by atoms with E-state index in [1.807, 2.05) is 39.0 Å². The van der Waals surface area contributed by atoms with Crippen LogP contribution in [0.15, 0.2) is 36.4 Å². The van der Waals surface area contributed by atoms with E-state index in [9.17, 15) is 9.59 Å². The van der Waals surface area contributed by atoms with Gasteiger partial charge in [-0.05, 0) is 55.7 Å². The summed E-state index contributed by atoms with van der Waals surface area (Å²) in [6.45, 7) is 5.75. The summed E-state index contributed by atoms with van der Waals surface area (Å²) in [4.78, 5) is 26.9. The van der Waals surface area contributed by atoms with Gasteiger partial charge in [-0.2, -0.15) is 0 Å². The topological polar surface area (TPSA) is 58.6 Å². The van der Waals surface area contributed by atoms with E-state index in [2.05, 4.69) is 5.32 Å². The molecule has 0 aliphatic carbocycles. The van der Waals surface area contributed by atoms with Crippen molar-refractivity contribution in [3.63, 3.8) is 0 Å². The summed E-state index contributed by atoms with van der Waals surface area (Å²) in [6, 6.07) is 10.1. The van der Waals surface area contributed by atoms with Crippen LogP contribution in [0.4, 0.5) is 0 Å². The second kappa shape index (κ2) is 10.5. The predicted molar refractivity (Wildman–Crippen MR) is 117 cm³/mol. The van der Waals surface area contributed by atoms with Gasteiger partial charge >= 0.3 is 0 Å². The second-order valence-corrected chi connectivity index (χ2v) is 7.61. The van der Waals surface area contributed by atoms with Crippen molar-refractivity contribution in [3.05, 3.63) is 63.1 Å². The number of nitrogens with one attached hydrogen (secondary N) is 1. The molecule has 0 aliphatic heterocycles. The number of carbonyl (C=O) groups excluding carboxylic acids is 2. The number of amides is 2. The lowest BCUT2D eigenvalue weighted by molar-refractivity contribution is -0.142. The molecule has 0 spiro atoms. The minimum atomic E-state index is -0.664. The van der Waals surface area contributed by atoms with Gasteiger partial charge in [0, 0.05) is 29.2 Å². The fourth-order valence-electron chi connectivity index (χ4n) is 2.97. The molecule has 1 N–H and O–H groups in total. The van der Waals surface area contributed by atoms with Crippen molar-refractivity contribution >= 4 is 35.0 Å². The number of likely N-dealkylation sites (N-methyl/N-ethyl adjacent to an activating group) is 1. The molecule has 29 heavy (non-hydrogen) atoms. The number of ether oxygens (including phenoxy) is 1. The molecule has 0 bridgehead atoms. The number of hydrogen-bond donors (Lipinski definition) is 1. The summed E-state index contributed by atoms with van der Waals surface area (Å²) < 4.78 is 5.70. The molecule has 0 saturated carbocycles. The van der Waals surface area contributed by atoms with Crippen molar-refractivity contribution < 1.29 is 14.3 Å². The Morgan fingerprint density at radius 3 is 2.31 bits per heavy atom. The monoisotopic (exact) mass is 436 g/mol. The van der Waals surface area contributed by atoms with Gasteiger partial charge < -0.3 is 15.0 Å². The molecule has 0 saturated heterocycles. The van der Waals surface area contributed by atoms with Crippen LogP contribution in [0.5, 0.6) is 5.75 Å². The molecular weight excluding hydrogens is 411 g/mol. The smallest absolute Gasteiger partial charge is 0.261 e. The highest BCUT2D eigenvalue weighted by molar-refractivity contribution is 6.36. The van der Waals surface area contributed by atoms with Crippen LogP contribution in [-0.4, -0.2) is 36.4 Å². The lowest BCUT2D eigenvalue weighted by atomic mass is 10.1. The summed E-state index contributed by atoms with van der Waals surface area (Å²) in [5, 5.41) is 3.50. The highest BCUT2D eigenvalue weighted by atomic mass is 35.5. The van der Waals surface area contributed by atoms with Gasteiger partial charge in [0.05, 0.1) is 0 Å². The first-order chi connectivity index (χ1) is 13.8. The molecule has 2 aromatic carbocycles. The first kappa shape index (κ1) is 23.0. The number of nitrogens with zero attached hydrogens (tertiary/aromatic N) is 1. The average Bonchev–Trinajstić information content (AvgIpc) is 2.70. The maximum absolute atomic E-state index is 13.1. The van der Waals surface area contributed by atoms with Crippen LogP contribution in [-0.2, 0) is 16.1 Å². The molecule has 0 radical (unpaired) electrons. The molecular formula is C22H26Cl2N2O3. The van der Waals surface area contributed by atoms with Crippen molar-refractivity contribution in [2.24, 2.45) is 0 Å². The quantitative estimate of drug-likeness (QED) is 0.660. The summed E-state index contributed by atoms with van der Waals surface area (Å²) in [7, 11) is 1.54. The third-order valence-corrected chi connectivity index (χ3v) is 5.57. The van der Waals surface area contributed by atoms with Gasteiger partial charge in [0.1, 0.15) is 11.8 Å². The number of benzene rings is 2. The highest BCUT2D eigenvalue weighted by Gasteiger charge is 2.29. The van der Waals surface area contributed by atoms with E-state index in [0.29, 0.717) is 27.8 Å². The Bertz CT molecular complexity index is 866. The summed E-state index contributed by atoms with van der Waals surface area (Å²) in [6.07, 6.45) is 0.442. The van der Waals surface area contributed by atoms with E-state index >= 15 is 0 Å². The van der Waals surface area contributed by atoms with Gasteiger partial charge in [0.25, 0.3) is 5.91 Å². The fourth-order valence-corrected chi connectivity index (χ4v) is 3.49. The summed E-state index contributed by atoms with van der Waals surface area (Å²) in [5.41, 5.74) is 2.81. The van der Waals surface area contributed by atoms with E-state index in [1.165, 1.54) is 4.90 Å². The fraction of sp³-hybridized carbons (Fsp3) is 0.364. The third kappa shape index (κ3) is 5.87. The molecule has 0 heterocycles. The Labute approximate surface area is 181 Å². The summed E-state index contributed by atoms with van der Waals surface area (Å²) in [5.74, 6) is 0.0232. The first-order valence-corrected chi connectivity index (χ1v) is 10.2. The zero-order chi connectivity index (χ0) is 21.6. The minimum absolute atomic E-state index is 0.111. The maximum atomic E-state index is 13.1. The Hall–Kier alpha value is -2.24. The van der Waals surface area contributed by atoms with Crippen molar-refractivity contribution in [1.29, 1.82) is 0 Å². The molecule has 2 rings (SSSR count). The van der Waals surface area contributed by atoms with Crippen LogP contribution < -0.4 is 10.1 Å². The molecule has 5 nitrogen and oxygen atoms in total. The maximum Gasteiger partial charge on any atom is 0.261 e. The largest absolute Gasteiger partial charge is 0.484 e. The Morgan fingerprint density at radius 1 is 1.10 bits per heavy atom. The van der Waals surface area contributed by atoms with Gasteiger partial charge in [-0.3, -0.25) is 9.59 Å². The summed E-state index contributed by atoms with van der Waals surface area (Å²) >= 11 is 12.6. The van der Waals surface area contributed by atoms with Gasteiger partial charge in [-0.25, -0.2) is 0 Å². The van der Waals surface area contributed by atoms with Crippen molar-refractivity contribution in [2.75, 3.05) is 13.7 Å². The molecule has 2 amide bonds. The van der Waals surface area contributed by atoms with Gasteiger partial charge in [0.15, 0.2) is 6.61 Å². The van der Waals surface area contributed by atoms with E-state index in [0.717, 1.165) is 11.1 Å². The van der Waals surface area contributed by atoms with Crippen LogP contribution in [0.1, 0.15) is 30.0 Å². The van der Waals surface area contributed by atoms with Crippen LogP contribution in [0, 0.1) is 13.8 Å². The SMILES string of the molecule is CCC(C(=O)NC)N(Cc1c(Cl)cccc1Cl)C(=O)COc1ccc(C)c(C)c1. The zero-order valence-electron chi connectivity index (χ0n) is 17.1. The zero-order valence-corrected chi connectivity index (χ0v) is 18.6. The van der Waals surface area contributed by atoms with E-state index in [1.54, 1.807) is 25.2 Å².